The number of hydrogen-bond acceptors (Lipinski definition) is 3. The van der Waals surface area contributed by atoms with Gasteiger partial charge in [-0.25, -0.2) is 9.86 Å². The van der Waals surface area contributed by atoms with Gasteiger partial charge in [0, 0.05) is 13.1 Å². The van der Waals surface area contributed by atoms with Gasteiger partial charge in [-0.3, -0.25) is 10.0 Å². The number of nitrogens with zero attached hydrogens (tertiary/aromatic N) is 2. The van der Waals surface area contributed by atoms with Crippen molar-refractivity contribution < 1.29 is 14.8 Å². The van der Waals surface area contributed by atoms with Gasteiger partial charge in [-0.15, -0.1) is 0 Å². The smallest absolute Gasteiger partial charge is 0.344 e. The minimum atomic E-state index is -0.426. The quantitative estimate of drug-likeness (QED) is 0.525. The molecule has 2 bridgehead atoms. The van der Waals surface area contributed by atoms with Crippen molar-refractivity contribution in [2.24, 2.45) is 5.92 Å². The van der Waals surface area contributed by atoms with E-state index in [9.17, 15) is 14.8 Å². The van der Waals surface area contributed by atoms with Gasteiger partial charge in [0.25, 0.3) is 0 Å². The van der Waals surface area contributed by atoms with Crippen molar-refractivity contribution >= 4 is 11.9 Å². The number of hydrogen-bond donors (Lipinski definition) is 2. The van der Waals surface area contributed by atoms with Crippen LogP contribution in [0.3, 0.4) is 0 Å². The number of fused-ring (bicyclic) bond motifs is 4. The fraction of sp³-hybridized carbons (Fsp3) is 0.778. The second-order valence-corrected chi connectivity index (χ2v) is 4.45. The summed E-state index contributed by atoms with van der Waals surface area (Å²) in [5.41, 5.74) is 0. The number of rotatable bonds is 0. The lowest BCUT2D eigenvalue weighted by Gasteiger charge is -2.39. The van der Waals surface area contributed by atoms with Crippen molar-refractivity contribution in [3.63, 3.8) is 0 Å². The van der Waals surface area contributed by atoms with Crippen molar-refractivity contribution in [3.8, 4) is 0 Å². The first-order valence-corrected chi connectivity index (χ1v) is 5.25. The Bertz CT molecular complexity index is 333. The molecule has 2 N–H and O–H groups in total. The maximum atomic E-state index is 11.7. The number of carbonyl (C=O) groups is 2. The molecular weight excluding hydrogens is 198 g/mol. The van der Waals surface area contributed by atoms with Gasteiger partial charge in [-0.1, -0.05) is 0 Å². The van der Waals surface area contributed by atoms with E-state index in [0.717, 1.165) is 17.9 Å². The molecule has 15 heavy (non-hydrogen) atoms. The standard InChI is InChI=1S/C9H13N3O3/c13-8-7-5(1-2-10-8)3-6-4-11(7)9(14)12(6)15/h5-7,15H,1-4H2,(H,10,13)/t5-,6-,7+/m1/s1. The summed E-state index contributed by atoms with van der Waals surface area (Å²) in [6.07, 6.45) is 1.63. The van der Waals surface area contributed by atoms with E-state index in [4.69, 9.17) is 0 Å². The van der Waals surface area contributed by atoms with Crippen LogP contribution in [0.5, 0.6) is 0 Å². The molecule has 0 aromatic heterocycles. The Hall–Kier alpha value is -1.30. The molecule has 0 aromatic carbocycles. The van der Waals surface area contributed by atoms with Crippen LogP contribution in [0.2, 0.25) is 0 Å². The van der Waals surface area contributed by atoms with Crippen LogP contribution in [-0.2, 0) is 4.79 Å². The molecule has 0 radical (unpaired) electrons. The van der Waals surface area contributed by atoms with Gasteiger partial charge >= 0.3 is 6.03 Å². The Morgan fingerprint density at radius 3 is 3.00 bits per heavy atom. The van der Waals surface area contributed by atoms with Gasteiger partial charge in [0.05, 0.1) is 6.04 Å². The zero-order valence-electron chi connectivity index (χ0n) is 8.22. The highest BCUT2D eigenvalue weighted by molar-refractivity contribution is 5.89. The highest BCUT2D eigenvalue weighted by atomic mass is 16.5. The van der Waals surface area contributed by atoms with Crippen LogP contribution in [0.15, 0.2) is 0 Å². The molecule has 3 amide bonds. The van der Waals surface area contributed by atoms with Crippen molar-refractivity contribution in [1.29, 1.82) is 0 Å². The lowest BCUT2D eigenvalue weighted by atomic mass is 9.83. The second-order valence-electron chi connectivity index (χ2n) is 4.45. The third-order valence-corrected chi connectivity index (χ3v) is 3.64. The maximum Gasteiger partial charge on any atom is 0.344 e. The summed E-state index contributed by atoms with van der Waals surface area (Å²) in [4.78, 5) is 24.8. The molecule has 3 aliphatic heterocycles. The largest absolute Gasteiger partial charge is 0.354 e. The third kappa shape index (κ3) is 1.08. The van der Waals surface area contributed by atoms with Crippen LogP contribution in [0.1, 0.15) is 12.8 Å². The molecule has 3 rings (SSSR count). The predicted molar refractivity (Wildman–Crippen MR) is 49.0 cm³/mol. The van der Waals surface area contributed by atoms with Gasteiger partial charge in [0.1, 0.15) is 6.04 Å². The summed E-state index contributed by atoms with van der Waals surface area (Å²) in [5, 5.41) is 13.1. The number of piperidine rings is 2. The second kappa shape index (κ2) is 2.85. The van der Waals surface area contributed by atoms with Gasteiger partial charge in [0.15, 0.2) is 0 Å². The molecular formula is C9H13N3O3. The first-order chi connectivity index (χ1) is 7.18. The Labute approximate surface area is 86.8 Å². The Morgan fingerprint density at radius 2 is 2.20 bits per heavy atom. The topological polar surface area (TPSA) is 72.9 Å². The Morgan fingerprint density at radius 1 is 1.40 bits per heavy atom. The summed E-state index contributed by atoms with van der Waals surface area (Å²) >= 11 is 0. The van der Waals surface area contributed by atoms with Crippen LogP contribution in [-0.4, -0.2) is 52.3 Å². The SMILES string of the molecule is O=C1NCC[C@@H]2C[C@@H]3CN(C(=O)N3O)[C@H]12. The first-order valence-electron chi connectivity index (χ1n) is 5.25. The molecule has 82 valence electrons. The predicted octanol–water partition coefficient (Wildman–Crippen LogP) is -0.610. The summed E-state index contributed by atoms with van der Waals surface area (Å²) in [6, 6.07) is -0.908. The maximum absolute atomic E-state index is 11.7. The highest BCUT2D eigenvalue weighted by Crippen LogP contribution is 2.35. The van der Waals surface area contributed by atoms with Crippen molar-refractivity contribution in [2.75, 3.05) is 13.1 Å². The number of urea groups is 1. The molecule has 3 fully saturated rings. The number of carbonyl (C=O) groups excluding carboxylic acids is 2. The van der Waals surface area contributed by atoms with Crippen molar-refractivity contribution in [3.05, 3.63) is 0 Å². The minimum absolute atomic E-state index is 0.0756. The molecule has 3 aliphatic rings. The minimum Gasteiger partial charge on any atom is -0.354 e. The molecule has 0 saturated carbocycles. The average molecular weight is 211 g/mol. The fourth-order valence-corrected chi connectivity index (χ4v) is 2.93. The third-order valence-electron chi connectivity index (χ3n) is 3.64. The molecule has 0 aliphatic carbocycles. The Balaban J connectivity index is 1.94. The molecule has 0 unspecified atom stereocenters. The molecule has 0 spiro atoms. The van der Waals surface area contributed by atoms with E-state index in [1.807, 2.05) is 0 Å². The first kappa shape index (κ1) is 8.96. The number of amides is 3. The van der Waals surface area contributed by atoms with Gasteiger partial charge in [-0.05, 0) is 18.8 Å². The summed E-state index contributed by atoms with van der Waals surface area (Å²) in [5.74, 6) is 0.131. The van der Waals surface area contributed by atoms with Gasteiger partial charge < -0.3 is 10.2 Å². The van der Waals surface area contributed by atoms with Crippen molar-refractivity contribution in [2.45, 2.75) is 24.9 Å². The van der Waals surface area contributed by atoms with E-state index in [-0.39, 0.29) is 23.9 Å². The number of hydroxylamine groups is 2. The summed E-state index contributed by atoms with van der Waals surface area (Å²) < 4.78 is 0. The van der Waals surface area contributed by atoms with Gasteiger partial charge in [0.2, 0.25) is 5.91 Å². The van der Waals surface area contributed by atoms with Crippen LogP contribution < -0.4 is 5.32 Å². The molecule has 3 heterocycles. The molecule has 3 atom stereocenters. The van der Waals surface area contributed by atoms with E-state index in [2.05, 4.69) is 5.32 Å². The van der Waals surface area contributed by atoms with E-state index >= 15 is 0 Å². The lowest BCUT2D eigenvalue weighted by molar-refractivity contribution is -0.130. The summed E-state index contributed by atoms with van der Waals surface area (Å²) in [7, 11) is 0. The lowest BCUT2D eigenvalue weighted by Crippen LogP contribution is -2.58. The van der Waals surface area contributed by atoms with E-state index in [0.29, 0.717) is 13.1 Å². The molecule has 6 nitrogen and oxygen atoms in total. The Kier molecular flexibility index (Phi) is 1.70. The van der Waals surface area contributed by atoms with E-state index in [1.165, 1.54) is 4.90 Å². The molecule has 0 aromatic rings. The van der Waals surface area contributed by atoms with Gasteiger partial charge in [-0.2, -0.15) is 0 Å². The van der Waals surface area contributed by atoms with Crippen LogP contribution >= 0.6 is 0 Å². The normalized spacial score (nSPS) is 39.1. The summed E-state index contributed by atoms with van der Waals surface area (Å²) in [6.45, 7) is 1.16. The zero-order valence-corrected chi connectivity index (χ0v) is 8.22. The van der Waals surface area contributed by atoms with E-state index < -0.39 is 6.03 Å². The average Bonchev–Trinajstić information content (AvgIpc) is 2.44. The highest BCUT2D eigenvalue weighted by Gasteiger charge is 2.52. The van der Waals surface area contributed by atoms with Crippen molar-refractivity contribution in [1.82, 2.24) is 15.3 Å². The number of nitrogens with one attached hydrogen (secondary N) is 1. The van der Waals surface area contributed by atoms with Crippen LogP contribution in [0, 0.1) is 5.92 Å². The van der Waals surface area contributed by atoms with Crippen LogP contribution in [0.4, 0.5) is 4.79 Å². The molecule has 6 heteroatoms. The monoisotopic (exact) mass is 211 g/mol. The molecule has 3 saturated heterocycles. The zero-order chi connectivity index (χ0) is 10.6. The fourth-order valence-electron chi connectivity index (χ4n) is 2.93. The van der Waals surface area contributed by atoms with Crippen LogP contribution in [0.25, 0.3) is 0 Å². The van der Waals surface area contributed by atoms with E-state index in [1.54, 1.807) is 0 Å².